The third-order valence-electron chi connectivity index (χ3n) is 11.1. The molecular weight excluding hydrogens is 705 g/mol. The van der Waals surface area contributed by atoms with E-state index in [1.54, 1.807) is 0 Å². The number of benzene rings is 8. The summed E-state index contributed by atoms with van der Waals surface area (Å²) in [4.78, 5) is 10.5. The van der Waals surface area contributed by atoms with Gasteiger partial charge in [-0.2, -0.15) is 0 Å². The molecule has 3 aromatic heterocycles. The largest absolute Gasteiger partial charge is 0.293 e. The molecule has 4 nitrogen and oxygen atoms in total. The molecule has 0 aliphatic carbocycles. The van der Waals surface area contributed by atoms with Gasteiger partial charge in [0.1, 0.15) is 5.65 Å². The monoisotopic (exact) mass is 740 g/mol. The molecule has 0 saturated heterocycles. The summed E-state index contributed by atoms with van der Waals surface area (Å²) in [7, 11) is 0. The fourth-order valence-corrected chi connectivity index (χ4v) is 8.40. The highest BCUT2D eigenvalue weighted by Gasteiger charge is 2.22. The molecule has 0 unspecified atom stereocenters. The Morgan fingerprint density at radius 1 is 0.310 bits per heavy atom. The highest BCUT2D eigenvalue weighted by atomic mass is 15.1. The third-order valence-corrected chi connectivity index (χ3v) is 11.1. The minimum atomic E-state index is 0.687. The second kappa shape index (κ2) is 14.0. The van der Waals surface area contributed by atoms with Crippen molar-refractivity contribution >= 4 is 27.6 Å². The van der Waals surface area contributed by atoms with Gasteiger partial charge < -0.3 is 0 Å². The average Bonchev–Trinajstić information content (AvgIpc) is 3.82. The maximum absolute atomic E-state index is 5.27. The topological polar surface area (TPSA) is 35.1 Å². The second-order valence-electron chi connectivity index (χ2n) is 14.6. The third kappa shape index (κ3) is 5.78. The normalized spacial score (nSPS) is 11.4. The van der Waals surface area contributed by atoms with E-state index >= 15 is 0 Å². The van der Waals surface area contributed by atoms with Crippen molar-refractivity contribution in [3.8, 4) is 73.0 Å². The van der Waals surface area contributed by atoms with Crippen LogP contribution in [0.5, 0.6) is 0 Å². The number of nitrogens with zero attached hydrogens (tertiary/aromatic N) is 4. The predicted molar refractivity (Wildman–Crippen MR) is 240 cm³/mol. The molecule has 11 rings (SSSR count). The van der Waals surface area contributed by atoms with Crippen molar-refractivity contribution < 1.29 is 0 Å². The molecule has 8 aromatic carbocycles. The Morgan fingerprint density at radius 3 is 1.47 bits per heavy atom. The lowest BCUT2D eigenvalue weighted by molar-refractivity contribution is 1.15. The fourth-order valence-electron chi connectivity index (χ4n) is 8.40. The Bertz CT molecular complexity index is 3150. The van der Waals surface area contributed by atoms with E-state index in [0.717, 1.165) is 61.7 Å². The minimum Gasteiger partial charge on any atom is -0.293 e. The summed E-state index contributed by atoms with van der Waals surface area (Å²) in [6.45, 7) is 0. The average molecular weight is 741 g/mol. The van der Waals surface area contributed by atoms with Gasteiger partial charge in [-0.3, -0.25) is 8.97 Å². The Morgan fingerprint density at radius 2 is 0.793 bits per heavy atom. The lowest BCUT2D eigenvalue weighted by Crippen LogP contribution is -1.97. The highest BCUT2D eigenvalue weighted by Crippen LogP contribution is 2.41. The molecule has 3 heterocycles. The molecule has 0 aliphatic heterocycles. The second-order valence-corrected chi connectivity index (χ2v) is 14.6. The van der Waals surface area contributed by atoms with E-state index in [-0.39, 0.29) is 0 Å². The molecule has 0 N–H and O–H groups in total. The van der Waals surface area contributed by atoms with Gasteiger partial charge in [-0.1, -0.05) is 170 Å². The highest BCUT2D eigenvalue weighted by molar-refractivity contribution is 6.09. The number of aromatic nitrogens is 4. The number of hydrogen-bond donors (Lipinski definition) is 0. The Hall–Kier alpha value is -7.82. The summed E-state index contributed by atoms with van der Waals surface area (Å²) in [6.07, 6.45) is 0. The molecule has 0 radical (unpaired) electrons. The van der Waals surface area contributed by atoms with Gasteiger partial charge in [-0.15, -0.1) is 0 Å². The van der Waals surface area contributed by atoms with Crippen molar-refractivity contribution in [2.75, 3.05) is 0 Å². The first kappa shape index (κ1) is 33.5. The van der Waals surface area contributed by atoms with Crippen LogP contribution in [0.25, 0.3) is 101 Å². The lowest BCUT2D eigenvalue weighted by atomic mass is 9.99. The number of rotatable bonds is 7. The van der Waals surface area contributed by atoms with Gasteiger partial charge in [0.2, 0.25) is 0 Å². The summed E-state index contributed by atoms with van der Waals surface area (Å²) in [5.41, 5.74) is 17.5. The first-order valence-electron chi connectivity index (χ1n) is 19.7. The predicted octanol–water partition coefficient (Wildman–Crippen LogP) is 13.8. The number of hydrogen-bond acceptors (Lipinski definition) is 2. The maximum atomic E-state index is 5.27. The van der Waals surface area contributed by atoms with Gasteiger partial charge in [-0.25, -0.2) is 9.97 Å². The smallest absolute Gasteiger partial charge is 0.160 e. The zero-order valence-electron chi connectivity index (χ0n) is 31.6. The van der Waals surface area contributed by atoms with Gasteiger partial charge in [0.25, 0.3) is 0 Å². The van der Waals surface area contributed by atoms with Crippen LogP contribution in [0.15, 0.2) is 218 Å². The molecule has 272 valence electrons. The maximum Gasteiger partial charge on any atom is 0.160 e. The minimum absolute atomic E-state index is 0.687. The number of para-hydroxylation sites is 4. The summed E-state index contributed by atoms with van der Waals surface area (Å²) >= 11 is 0. The first-order valence-corrected chi connectivity index (χ1v) is 19.7. The van der Waals surface area contributed by atoms with E-state index in [0.29, 0.717) is 5.82 Å². The molecular formula is C54H36N4. The van der Waals surface area contributed by atoms with Crippen LogP contribution >= 0.6 is 0 Å². The summed E-state index contributed by atoms with van der Waals surface area (Å²) < 4.78 is 4.81. The van der Waals surface area contributed by atoms with Crippen LogP contribution in [0.4, 0.5) is 0 Å². The van der Waals surface area contributed by atoms with E-state index < -0.39 is 0 Å². The van der Waals surface area contributed by atoms with Crippen LogP contribution in [0.3, 0.4) is 0 Å². The van der Waals surface area contributed by atoms with E-state index in [1.165, 1.54) is 33.1 Å². The Balaban J connectivity index is 1.08. The summed E-state index contributed by atoms with van der Waals surface area (Å²) in [5, 5.41) is 1.21. The molecule has 0 fully saturated rings. The molecule has 0 saturated carbocycles. The molecule has 58 heavy (non-hydrogen) atoms. The van der Waals surface area contributed by atoms with Gasteiger partial charge in [0.15, 0.2) is 5.82 Å². The molecule has 0 bridgehead atoms. The van der Waals surface area contributed by atoms with Crippen LogP contribution in [-0.2, 0) is 0 Å². The van der Waals surface area contributed by atoms with E-state index in [2.05, 4.69) is 221 Å². The van der Waals surface area contributed by atoms with E-state index in [9.17, 15) is 0 Å². The van der Waals surface area contributed by atoms with Crippen LogP contribution in [0.1, 0.15) is 0 Å². The number of imidazole rings is 1. The van der Waals surface area contributed by atoms with E-state index in [4.69, 9.17) is 9.97 Å². The fraction of sp³-hybridized carbons (Fsp3) is 0. The summed E-state index contributed by atoms with van der Waals surface area (Å²) in [6, 6.07) is 77.3. The van der Waals surface area contributed by atoms with Crippen LogP contribution in [-0.4, -0.2) is 18.9 Å². The van der Waals surface area contributed by atoms with E-state index in [1.807, 2.05) is 6.07 Å². The van der Waals surface area contributed by atoms with Crippen LogP contribution in [0.2, 0.25) is 0 Å². The summed E-state index contributed by atoms with van der Waals surface area (Å²) in [5.74, 6) is 0.687. The van der Waals surface area contributed by atoms with Crippen LogP contribution in [0, 0.1) is 0 Å². The molecule has 0 spiro atoms. The lowest BCUT2D eigenvalue weighted by Gasteiger charge is -2.12. The van der Waals surface area contributed by atoms with Crippen molar-refractivity contribution in [3.63, 3.8) is 0 Å². The Kier molecular flexibility index (Phi) is 8.11. The molecule has 0 amide bonds. The standard InChI is InChI=1S/C54H36N4/c1-4-16-37(17-5-1)41-20-14-22-43(34-41)48-36-47(55-53(56-48)44-23-15-21-42(35-44)38-18-6-2-7-19-38)39-30-32-40(33-31-39)52-46-26-10-11-27-49(46)58-51-29-13-12-28-50(51)57(54(52)58)45-24-8-3-9-25-45/h1-36H. The quantitative estimate of drug-likeness (QED) is 0.163. The van der Waals surface area contributed by atoms with Crippen molar-refractivity contribution in [1.82, 2.24) is 18.9 Å². The van der Waals surface area contributed by atoms with Crippen molar-refractivity contribution in [2.24, 2.45) is 0 Å². The Labute approximate surface area is 336 Å². The van der Waals surface area contributed by atoms with Crippen molar-refractivity contribution in [1.29, 1.82) is 0 Å². The van der Waals surface area contributed by atoms with Crippen molar-refractivity contribution in [2.45, 2.75) is 0 Å². The first-order chi connectivity index (χ1) is 28.8. The van der Waals surface area contributed by atoms with Gasteiger partial charge >= 0.3 is 0 Å². The van der Waals surface area contributed by atoms with Gasteiger partial charge in [-0.05, 0) is 76.3 Å². The van der Waals surface area contributed by atoms with Crippen molar-refractivity contribution in [3.05, 3.63) is 218 Å². The van der Waals surface area contributed by atoms with Gasteiger partial charge in [0, 0.05) is 33.3 Å². The molecule has 0 aliphatic rings. The van der Waals surface area contributed by atoms with Crippen LogP contribution < -0.4 is 0 Å². The zero-order chi connectivity index (χ0) is 38.4. The van der Waals surface area contributed by atoms with Gasteiger partial charge in [0.05, 0.1) is 27.9 Å². The zero-order valence-corrected chi connectivity index (χ0v) is 31.6. The molecule has 4 heteroatoms. The molecule has 11 aromatic rings. The SMILES string of the molecule is c1ccc(-c2cccc(-c3cc(-c4ccc(-c5c6ccccc6n6c7ccccc7n(-c7ccccc7)c56)cc4)nc(-c4cccc(-c5ccccc5)c4)n3)c2)cc1. The number of fused-ring (bicyclic) bond motifs is 5. The molecule has 0 atom stereocenters.